The number of ether oxygens (including phenoxy) is 1. The maximum Gasteiger partial charge on any atom is 0.191 e. The molecule has 1 atom stereocenters. The topological polar surface area (TPSA) is 65.9 Å². The Labute approximate surface area is 159 Å². The number of hydrogen-bond acceptors (Lipinski definition) is 3. The summed E-state index contributed by atoms with van der Waals surface area (Å²) in [6.07, 6.45) is 4.08. The summed E-state index contributed by atoms with van der Waals surface area (Å²) in [7, 11) is 0. The predicted octanol–water partition coefficient (Wildman–Crippen LogP) is 2.77. The van der Waals surface area contributed by atoms with E-state index in [1.807, 2.05) is 0 Å². The van der Waals surface area contributed by atoms with Gasteiger partial charge >= 0.3 is 0 Å². The van der Waals surface area contributed by atoms with Gasteiger partial charge in [-0.25, -0.2) is 0 Å². The molecule has 138 valence electrons. The highest BCUT2D eigenvalue weighted by Crippen LogP contribution is 2.32. The summed E-state index contributed by atoms with van der Waals surface area (Å²) in [6.45, 7) is 13.1. The van der Waals surface area contributed by atoms with Crippen LogP contribution in [0.1, 0.15) is 53.4 Å². The van der Waals surface area contributed by atoms with Gasteiger partial charge in [0.2, 0.25) is 0 Å². The first-order valence-corrected chi connectivity index (χ1v) is 8.62. The summed E-state index contributed by atoms with van der Waals surface area (Å²) in [6, 6.07) is 0. The van der Waals surface area contributed by atoms with E-state index in [1.165, 1.54) is 6.42 Å². The lowest BCUT2D eigenvalue weighted by Gasteiger charge is -2.25. The van der Waals surface area contributed by atoms with E-state index in [9.17, 15) is 5.11 Å². The molecule has 0 saturated carbocycles. The zero-order valence-corrected chi connectivity index (χ0v) is 17.6. The molecular formula is C17H36IN3O2. The quantitative estimate of drug-likeness (QED) is 0.235. The van der Waals surface area contributed by atoms with Crippen LogP contribution in [0.3, 0.4) is 0 Å². The van der Waals surface area contributed by atoms with Crippen LogP contribution in [0, 0.1) is 10.8 Å². The summed E-state index contributed by atoms with van der Waals surface area (Å²) in [4.78, 5) is 4.72. The van der Waals surface area contributed by atoms with E-state index >= 15 is 0 Å². The molecule has 1 rings (SSSR count). The molecule has 3 N–H and O–H groups in total. The van der Waals surface area contributed by atoms with Gasteiger partial charge in [0.25, 0.3) is 0 Å². The molecule has 6 heteroatoms. The van der Waals surface area contributed by atoms with E-state index in [-0.39, 0.29) is 36.0 Å². The van der Waals surface area contributed by atoms with E-state index in [0.29, 0.717) is 18.6 Å². The summed E-state index contributed by atoms with van der Waals surface area (Å²) in [5.74, 6) is 0.876. The Morgan fingerprint density at radius 1 is 1.30 bits per heavy atom. The second-order valence-electron chi connectivity index (χ2n) is 7.56. The number of rotatable bonds is 8. The van der Waals surface area contributed by atoms with E-state index in [1.54, 1.807) is 0 Å². The highest BCUT2D eigenvalue weighted by molar-refractivity contribution is 14.0. The average molecular weight is 441 g/mol. The number of aliphatic hydroxyl groups is 1. The van der Waals surface area contributed by atoms with Crippen molar-refractivity contribution in [3.8, 4) is 0 Å². The molecule has 5 nitrogen and oxygen atoms in total. The van der Waals surface area contributed by atoms with Crippen LogP contribution < -0.4 is 10.6 Å². The third-order valence-electron chi connectivity index (χ3n) is 4.14. The lowest BCUT2D eigenvalue weighted by atomic mass is 9.84. The number of nitrogens with zero attached hydrogens (tertiary/aromatic N) is 1. The summed E-state index contributed by atoms with van der Waals surface area (Å²) >= 11 is 0. The molecular weight excluding hydrogens is 405 g/mol. The van der Waals surface area contributed by atoms with E-state index in [0.717, 1.165) is 44.9 Å². The Kier molecular flexibility index (Phi) is 11.4. The molecule has 0 spiro atoms. The van der Waals surface area contributed by atoms with Crippen molar-refractivity contribution in [2.24, 2.45) is 15.8 Å². The van der Waals surface area contributed by atoms with Crippen LogP contribution in [-0.4, -0.2) is 50.5 Å². The van der Waals surface area contributed by atoms with Crippen molar-refractivity contribution in [3.63, 3.8) is 0 Å². The monoisotopic (exact) mass is 441 g/mol. The van der Waals surface area contributed by atoms with Crippen molar-refractivity contribution in [3.05, 3.63) is 0 Å². The van der Waals surface area contributed by atoms with Gasteiger partial charge in [-0.05, 0) is 38.0 Å². The van der Waals surface area contributed by atoms with E-state index in [2.05, 4.69) is 38.3 Å². The van der Waals surface area contributed by atoms with Crippen LogP contribution in [0.2, 0.25) is 0 Å². The summed E-state index contributed by atoms with van der Waals surface area (Å²) in [5, 5.41) is 16.0. The SMILES string of the molecule is CCNC(=NCC1(CCO)CCOC1)NCCCC(C)(C)C.I. The van der Waals surface area contributed by atoms with E-state index in [4.69, 9.17) is 9.73 Å². The second kappa shape index (κ2) is 11.5. The maximum absolute atomic E-state index is 9.27. The largest absolute Gasteiger partial charge is 0.396 e. The molecule has 0 aromatic heterocycles. The number of guanidine groups is 1. The fourth-order valence-corrected chi connectivity index (χ4v) is 2.70. The number of nitrogens with one attached hydrogen (secondary N) is 2. The molecule has 1 heterocycles. The molecule has 1 aliphatic rings. The van der Waals surface area contributed by atoms with Crippen LogP contribution in [-0.2, 0) is 4.74 Å². The zero-order valence-electron chi connectivity index (χ0n) is 15.3. The normalized spacial score (nSPS) is 21.9. The molecule has 1 saturated heterocycles. The van der Waals surface area contributed by atoms with Crippen molar-refractivity contribution in [2.75, 3.05) is 39.5 Å². The predicted molar refractivity (Wildman–Crippen MR) is 108 cm³/mol. The third-order valence-corrected chi connectivity index (χ3v) is 4.14. The van der Waals surface area contributed by atoms with Gasteiger partial charge in [-0.2, -0.15) is 0 Å². The third kappa shape index (κ3) is 9.72. The van der Waals surface area contributed by atoms with Crippen molar-refractivity contribution in [1.82, 2.24) is 10.6 Å². The van der Waals surface area contributed by atoms with Crippen LogP contribution in [0.25, 0.3) is 0 Å². The van der Waals surface area contributed by atoms with Gasteiger partial charge in [-0.3, -0.25) is 4.99 Å². The average Bonchev–Trinajstić information content (AvgIpc) is 2.89. The molecule has 0 radical (unpaired) electrons. The minimum atomic E-state index is 0. The highest BCUT2D eigenvalue weighted by atomic mass is 127. The first-order chi connectivity index (χ1) is 10.4. The molecule has 0 bridgehead atoms. The van der Waals surface area contributed by atoms with Crippen molar-refractivity contribution in [1.29, 1.82) is 0 Å². The minimum absolute atomic E-state index is 0. The van der Waals surface area contributed by atoms with Gasteiger partial charge in [0.15, 0.2) is 5.96 Å². The lowest BCUT2D eigenvalue weighted by molar-refractivity contribution is 0.131. The highest BCUT2D eigenvalue weighted by Gasteiger charge is 2.34. The van der Waals surface area contributed by atoms with Gasteiger partial charge in [-0.15, -0.1) is 24.0 Å². The van der Waals surface area contributed by atoms with Gasteiger partial charge in [-0.1, -0.05) is 20.8 Å². The first-order valence-electron chi connectivity index (χ1n) is 8.62. The van der Waals surface area contributed by atoms with Gasteiger partial charge in [0.05, 0.1) is 13.2 Å². The maximum atomic E-state index is 9.27. The Morgan fingerprint density at radius 3 is 2.57 bits per heavy atom. The Balaban J connectivity index is 0.00000484. The fraction of sp³-hybridized carbons (Fsp3) is 0.941. The smallest absolute Gasteiger partial charge is 0.191 e. The molecule has 1 aliphatic heterocycles. The number of halogens is 1. The van der Waals surface area contributed by atoms with Gasteiger partial charge in [0, 0.05) is 31.7 Å². The molecule has 0 aromatic rings. The number of aliphatic hydroxyl groups excluding tert-OH is 1. The number of hydrogen-bond donors (Lipinski definition) is 3. The Morgan fingerprint density at radius 2 is 2.04 bits per heavy atom. The van der Waals surface area contributed by atoms with E-state index < -0.39 is 0 Å². The van der Waals surface area contributed by atoms with Crippen molar-refractivity contribution >= 4 is 29.9 Å². The molecule has 1 fully saturated rings. The summed E-state index contributed by atoms with van der Waals surface area (Å²) in [5.41, 5.74) is 0.395. The molecule has 0 aromatic carbocycles. The van der Waals surface area contributed by atoms with Gasteiger partial charge < -0.3 is 20.5 Å². The van der Waals surface area contributed by atoms with Gasteiger partial charge in [0.1, 0.15) is 0 Å². The van der Waals surface area contributed by atoms with Crippen molar-refractivity contribution < 1.29 is 9.84 Å². The first kappa shape index (κ1) is 22.9. The van der Waals surface area contributed by atoms with Crippen molar-refractivity contribution in [2.45, 2.75) is 53.4 Å². The second-order valence-corrected chi connectivity index (χ2v) is 7.56. The van der Waals surface area contributed by atoms with Crippen LogP contribution in [0.5, 0.6) is 0 Å². The molecule has 23 heavy (non-hydrogen) atoms. The molecule has 1 unspecified atom stereocenters. The summed E-state index contributed by atoms with van der Waals surface area (Å²) < 4.78 is 5.52. The lowest BCUT2D eigenvalue weighted by Crippen LogP contribution is -2.39. The van der Waals surface area contributed by atoms with Crippen LogP contribution in [0.4, 0.5) is 0 Å². The minimum Gasteiger partial charge on any atom is -0.396 e. The van der Waals surface area contributed by atoms with Crippen LogP contribution >= 0.6 is 24.0 Å². The fourth-order valence-electron chi connectivity index (χ4n) is 2.70. The van der Waals surface area contributed by atoms with Crippen LogP contribution in [0.15, 0.2) is 4.99 Å². The zero-order chi connectivity index (χ0) is 16.5. The standard InChI is InChI=1S/C17H35N3O2.HI/c1-5-18-15(19-10-6-7-16(2,3)4)20-13-17(8-11-21)9-12-22-14-17;/h21H,5-14H2,1-4H3,(H2,18,19,20);1H. The Bertz CT molecular complexity index is 337. The molecule has 0 amide bonds. The Hall–Kier alpha value is -0.0800. The number of aliphatic imine (C=N–C) groups is 1. The molecule has 0 aliphatic carbocycles.